The van der Waals surface area contributed by atoms with Crippen LogP contribution in [0.5, 0.6) is 0 Å². The first-order chi connectivity index (χ1) is 10.2. The molecule has 2 heterocycles. The van der Waals surface area contributed by atoms with Crippen LogP contribution in [-0.2, 0) is 19.4 Å². The average Bonchev–Trinajstić information content (AvgIpc) is 2.97. The van der Waals surface area contributed by atoms with Gasteiger partial charge in [-0.1, -0.05) is 11.6 Å². The first-order valence-corrected chi connectivity index (χ1v) is 7.38. The lowest BCUT2D eigenvalue weighted by Crippen LogP contribution is -2.27. The second-order valence-corrected chi connectivity index (χ2v) is 5.64. The summed E-state index contributed by atoms with van der Waals surface area (Å²) < 4.78 is 4.96. The zero-order valence-corrected chi connectivity index (χ0v) is 12.5. The predicted molar refractivity (Wildman–Crippen MR) is 76.9 cm³/mol. The topological polar surface area (TPSA) is 75.0 Å². The molecule has 0 fully saturated rings. The van der Waals surface area contributed by atoms with Crippen molar-refractivity contribution in [3.05, 3.63) is 34.5 Å². The van der Waals surface area contributed by atoms with Crippen LogP contribution in [0.15, 0.2) is 10.7 Å². The van der Waals surface area contributed by atoms with E-state index < -0.39 is 0 Å². The third-order valence-electron chi connectivity index (χ3n) is 4.11. The minimum absolute atomic E-state index is 0.0841. The molecule has 0 bridgehead atoms. The molecule has 0 spiro atoms. The molecule has 2 aromatic rings. The highest BCUT2D eigenvalue weighted by Crippen LogP contribution is 2.22. The minimum atomic E-state index is -0.0841. The number of fused-ring (bicyclic) bond motifs is 1. The van der Waals surface area contributed by atoms with Gasteiger partial charge in [-0.3, -0.25) is 9.89 Å². The first-order valence-electron chi connectivity index (χ1n) is 7.38. The zero-order valence-electron chi connectivity index (χ0n) is 12.5. The number of aryl methyl sites for hydroxylation is 2. The molecular weight excluding hydrogens is 268 g/mol. The zero-order chi connectivity index (χ0) is 14.8. The van der Waals surface area contributed by atoms with E-state index in [4.69, 9.17) is 4.52 Å². The maximum Gasteiger partial charge on any atom is 0.259 e. The van der Waals surface area contributed by atoms with E-state index in [9.17, 15) is 4.79 Å². The maximum absolute atomic E-state index is 12.4. The van der Waals surface area contributed by atoms with Crippen LogP contribution in [-0.4, -0.2) is 33.2 Å². The van der Waals surface area contributed by atoms with Gasteiger partial charge in [0.2, 0.25) is 0 Å². The van der Waals surface area contributed by atoms with E-state index in [0.717, 1.165) is 18.5 Å². The summed E-state index contributed by atoms with van der Waals surface area (Å²) >= 11 is 0. The Labute approximate surface area is 123 Å². The van der Waals surface area contributed by atoms with Crippen molar-refractivity contribution < 1.29 is 9.32 Å². The number of amides is 1. The van der Waals surface area contributed by atoms with Crippen LogP contribution in [0.25, 0.3) is 0 Å². The molecule has 6 nitrogen and oxygen atoms in total. The van der Waals surface area contributed by atoms with Gasteiger partial charge < -0.3 is 9.42 Å². The Morgan fingerprint density at radius 1 is 1.38 bits per heavy atom. The number of nitrogens with one attached hydrogen (secondary N) is 1. The SMILES string of the molecule is Cc1oncc1C(=O)N(C)Cc1n[nH]c2c1CCCCC2. The molecule has 0 aromatic carbocycles. The summed E-state index contributed by atoms with van der Waals surface area (Å²) in [5.41, 5.74) is 4.04. The second-order valence-electron chi connectivity index (χ2n) is 5.64. The van der Waals surface area contributed by atoms with Crippen molar-refractivity contribution in [1.29, 1.82) is 0 Å². The monoisotopic (exact) mass is 288 g/mol. The fraction of sp³-hybridized carbons (Fsp3) is 0.533. The molecule has 1 aliphatic carbocycles. The van der Waals surface area contributed by atoms with Crippen LogP contribution in [0.1, 0.15) is 52.3 Å². The number of carbonyl (C=O) groups excluding carboxylic acids is 1. The van der Waals surface area contributed by atoms with Crippen molar-refractivity contribution in [2.75, 3.05) is 7.05 Å². The molecule has 3 rings (SSSR count). The summed E-state index contributed by atoms with van der Waals surface area (Å²) in [5, 5.41) is 11.2. The van der Waals surface area contributed by atoms with E-state index in [-0.39, 0.29) is 5.91 Å². The second kappa shape index (κ2) is 5.71. The number of carbonyl (C=O) groups is 1. The van der Waals surface area contributed by atoms with Crippen molar-refractivity contribution in [2.45, 2.75) is 45.6 Å². The largest absolute Gasteiger partial charge is 0.361 e. The van der Waals surface area contributed by atoms with Gasteiger partial charge in [0.25, 0.3) is 5.91 Å². The van der Waals surface area contributed by atoms with Gasteiger partial charge in [-0.15, -0.1) is 0 Å². The number of hydrogen-bond donors (Lipinski definition) is 1. The van der Waals surface area contributed by atoms with Gasteiger partial charge >= 0.3 is 0 Å². The summed E-state index contributed by atoms with van der Waals surface area (Å²) in [5.74, 6) is 0.465. The van der Waals surface area contributed by atoms with Gasteiger partial charge in [0.1, 0.15) is 11.3 Å². The minimum Gasteiger partial charge on any atom is -0.361 e. The standard InChI is InChI=1S/C15H20N4O2/c1-10-12(8-16-21-10)15(20)19(2)9-14-11-6-4-3-5-7-13(11)17-18-14/h8H,3-7,9H2,1-2H3,(H,17,18). The summed E-state index contributed by atoms with van der Waals surface area (Å²) in [6, 6.07) is 0. The van der Waals surface area contributed by atoms with Gasteiger partial charge in [-0.2, -0.15) is 5.10 Å². The molecule has 112 valence electrons. The van der Waals surface area contributed by atoms with Crippen molar-refractivity contribution in [3.8, 4) is 0 Å². The van der Waals surface area contributed by atoms with Gasteiger partial charge in [0.15, 0.2) is 0 Å². The molecule has 0 radical (unpaired) electrons. The molecule has 1 amide bonds. The Balaban J connectivity index is 1.76. The third-order valence-corrected chi connectivity index (χ3v) is 4.11. The van der Waals surface area contributed by atoms with E-state index in [1.807, 2.05) is 0 Å². The molecule has 0 saturated heterocycles. The molecule has 0 atom stereocenters. The lowest BCUT2D eigenvalue weighted by molar-refractivity contribution is 0.0781. The molecule has 0 saturated carbocycles. The van der Waals surface area contributed by atoms with Crippen molar-refractivity contribution in [1.82, 2.24) is 20.3 Å². The van der Waals surface area contributed by atoms with Gasteiger partial charge in [0, 0.05) is 12.7 Å². The number of aromatic amines is 1. The Morgan fingerprint density at radius 3 is 2.95 bits per heavy atom. The fourth-order valence-electron chi connectivity index (χ4n) is 2.86. The number of H-pyrrole nitrogens is 1. The summed E-state index contributed by atoms with van der Waals surface area (Å²) in [6.45, 7) is 2.25. The van der Waals surface area contributed by atoms with Gasteiger partial charge in [-0.05, 0) is 38.2 Å². The number of hydrogen-bond acceptors (Lipinski definition) is 4. The van der Waals surface area contributed by atoms with E-state index in [0.29, 0.717) is 17.9 Å². The summed E-state index contributed by atoms with van der Waals surface area (Å²) in [4.78, 5) is 14.0. The van der Waals surface area contributed by atoms with E-state index in [1.54, 1.807) is 18.9 Å². The first kappa shape index (κ1) is 13.9. The maximum atomic E-state index is 12.4. The normalized spacial score (nSPS) is 14.6. The molecule has 6 heteroatoms. The Bertz CT molecular complexity index is 644. The highest BCUT2D eigenvalue weighted by molar-refractivity contribution is 5.94. The summed E-state index contributed by atoms with van der Waals surface area (Å²) in [7, 11) is 1.78. The van der Waals surface area contributed by atoms with Crippen molar-refractivity contribution >= 4 is 5.91 Å². The van der Waals surface area contributed by atoms with Crippen molar-refractivity contribution in [3.63, 3.8) is 0 Å². The van der Waals surface area contributed by atoms with Crippen LogP contribution in [0.2, 0.25) is 0 Å². The van der Waals surface area contributed by atoms with Crippen LogP contribution in [0, 0.1) is 6.92 Å². The molecule has 2 aromatic heterocycles. The number of nitrogens with zero attached hydrogens (tertiary/aromatic N) is 3. The van der Waals surface area contributed by atoms with E-state index >= 15 is 0 Å². The van der Waals surface area contributed by atoms with Gasteiger partial charge in [-0.25, -0.2) is 0 Å². The highest BCUT2D eigenvalue weighted by atomic mass is 16.5. The smallest absolute Gasteiger partial charge is 0.259 e. The summed E-state index contributed by atoms with van der Waals surface area (Å²) in [6.07, 6.45) is 7.25. The third kappa shape index (κ3) is 2.70. The molecule has 0 unspecified atom stereocenters. The highest BCUT2D eigenvalue weighted by Gasteiger charge is 2.21. The van der Waals surface area contributed by atoms with Crippen LogP contribution < -0.4 is 0 Å². The Kier molecular flexibility index (Phi) is 3.77. The lowest BCUT2D eigenvalue weighted by atomic mass is 10.1. The average molecular weight is 288 g/mol. The molecule has 21 heavy (non-hydrogen) atoms. The molecular formula is C15H20N4O2. The van der Waals surface area contributed by atoms with Crippen LogP contribution in [0.3, 0.4) is 0 Å². The molecule has 1 aliphatic rings. The fourth-order valence-corrected chi connectivity index (χ4v) is 2.86. The molecule has 1 N–H and O–H groups in total. The van der Waals surface area contributed by atoms with Crippen molar-refractivity contribution in [2.24, 2.45) is 0 Å². The Hall–Kier alpha value is -2.11. The predicted octanol–water partition coefficient (Wildman–Crippen LogP) is 2.25. The van der Waals surface area contributed by atoms with E-state index in [2.05, 4.69) is 15.4 Å². The lowest BCUT2D eigenvalue weighted by Gasteiger charge is -2.16. The number of rotatable bonds is 3. The van der Waals surface area contributed by atoms with E-state index in [1.165, 1.54) is 36.7 Å². The van der Waals surface area contributed by atoms with Gasteiger partial charge in [0.05, 0.1) is 18.4 Å². The van der Waals surface area contributed by atoms with Crippen LogP contribution >= 0.6 is 0 Å². The molecule has 0 aliphatic heterocycles. The Morgan fingerprint density at radius 2 is 2.19 bits per heavy atom. The van der Waals surface area contributed by atoms with Crippen LogP contribution in [0.4, 0.5) is 0 Å². The quantitative estimate of drug-likeness (QED) is 0.879. The number of aromatic nitrogens is 3.